The highest BCUT2D eigenvalue weighted by atomic mass is 32.1. The van der Waals surface area contributed by atoms with Gasteiger partial charge in [-0.25, -0.2) is 4.39 Å². The molecule has 1 saturated carbocycles. The molecule has 12 heteroatoms. The summed E-state index contributed by atoms with van der Waals surface area (Å²) in [7, 11) is 0. The lowest BCUT2D eigenvalue weighted by molar-refractivity contribution is -0.274. The number of carbonyl (C=O) groups is 2. The maximum atomic E-state index is 13.6. The zero-order valence-electron chi connectivity index (χ0n) is 17.4. The Morgan fingerprint density at radius 3 is 2.47 bits per heavy atom. The Kier molecular flexibility index (Phi) is 5.69. The van der Waals surface area contributed by atoms with E-state index in [-0.39, 0.29) is 27.5 Å². The molecule has 2 N–H and O–H groups in total. The third kappa shape index (κ3) is 3.71. The lowest BCUT2D eigenvalue weighted by atomic mass is 9.75. The highest BCUT2D eigenvalue weighted by Crippen LogP contribution is 2.49. The number of ether oxygens (including phenoxy) is 1. The van der Waals surface area contributed by atoms with Crippen molar-refractivity contribution in [3.63, 3.8) is 0 Å². The third-order valence-corrected chi connectivity index (χ3v) is 6.27. The molecule has 1 heterocycles. The topological polar surface area (TPSA) is 99.7 Å². The van der Waals surface area contributed by atoms with Crippen LogP contribution < -0.4 is 20.3 Å². The molecule has 7 nitrogen and oxygen atoms in total. The van der Waals surface area contributed by atoms with E-state index in [1.54, 1.807) is 6.07 Å². The first-order valence-corrected chi connectivity index (χ1v) is 10.4. The first-order valence-electron chi connectivity index (χ1n) is 10.00. The summed E-state index contributed by atoms with van der Waals surface area (Å²) < 4.78 is 56.9. The Balaban J connectivity index is 1.84. The van der Waals surface area contributed by atoms with Crippen molar-refractivity contribution in [2.45, 2.75) is 37.8 Å². The number of primary amides is 1. The molecule has 0 bridgehead atoms. The number of amides is 2. The number of nitrogens with zero attached hydrogens (tertiary/aromatic N) is 3. The minimum atomic E-state index is -5.08. The second-order valence-electron chi connectivity index (χ2n) is 7.83. The van der Waals surface area contributed by atoms with Gasteiger partial charge in [0.25, 0.3) is 5.91 Å². The zero-order valence-corrected chi connectivity index (χ0v) is 18.2. The van der Waals surface area contributed by atoms with Crippen molar-refractivity contribution >= 4 is 40.5 Å². The van der Waals surface area contributed by atoms with Gasteiger partial charge in [-0.1, -0.05) is 0 Å². The van der Waals surface area contributed by atoms with Gasteiger partial charge in [-0.2, -0.15) is 5.26 Å². The van der Waals surface area contributed by atoms with Crippen LogP contribution in [-0.4, -0.2) is 28.8 Å². The van der Waals surface area contributed by atoms with Gasteiger partial charge in [-0.15, -0.1) is 13.2 Å². The van der Waals surface area contributed by atoms with E-state index in [1.807, 2.05) is 0 Å². The molecule has 0 radical (unpaired) electrons. The van der Waals surface area contributed by atoms with Crippen LogP contribution in [0.25, 0.3) is 0 Å². The standard InChI is InChI=1S/C22H16F4N4O3S/c23-10-13-9-14(3-4-15(13)18(28)31)30-20(34)29(19(32)21(30)6-1-7-21)16-5-2-12(11-27)8-17(16)33-22(24,25)26/h2-5,8-9H,1,6-7,10H2,(H2,28,31). The summed E-state index contributed by atoms with van der Waals surface area (Å²) in [6.07, 6.45) is -3.71. The summed E-state index contributed by atoms with van der Waals surface area (Å²) in [6.45, 7) is -1.00. The molecule has 176 valence electrons. The van der Waals surface area contributed by atoms with Crippen LogP contribution >= 0.6 is 12.2 Å². The first kappa shape index (κ1) is 23.4. The lowest BCUT2D eigenvalue weighted by Crippen LogP contribution is -2.55. The number of hydrogen-bond donors (Lipinski definition) is 1. The van der Waals surface area contributed by atoms with E-state index in [0.717, 1.165) is 17.0 Å². The number of anilines is 2. The molecule has 4 rings (SSSR count). The minimum Gasteiger partial charge on any atom is -0.403 e. The minimum absolute atomic E-state index is 0.00682. The fraction of sp³-hybridized carbons (Fsp3) is 0.273. The monoisotopic (exact) mass is 492 g/mol. The van der Waals surface area contributed by atoms with Crippen LogP contribution in [0.5, 0.6) is 5.75 Å². The smallest absolute Gasteiger partial charge is 0.403 e. The van der Waals surface area contributed by atoms with Gasteiger partial charge in [0.15, 0.2) is 10.9 Å². The Bertz CT molecular complexity index is 1250. The van der Waals surface area contributed by atoms with Crippen molar-refractivity contribution in [2.75, 3.05) is 9.80 Å². The van der Waals surface area contributed by atoms with Crippen LogP contribution in [0.15, 0.2) is 36.4 Å². The van der Waals surface area contributed by atoms with Crippen LogP contribution in [0.3, 0.4) is 0 Å². The van der Waals surface area contributed by atoms with Gasteiger partial charge in [0.1, 0.15) is 12.2 Å². The highest BCUT2D eigenvalue weighted by molar-refractivity contribution is 7.81. The van der Waals surface area contributed by atoms with Gasteiger partial charge in [0, 0.05) is 17.3 Å². The summed E-state index contributed by atoms with van der Waals surface area (Å²) in [4.78, 5) is 27.5. The van der Waals surface area contributed by atoms with E-state index in [9.17, 15) is 27.2 Å². The quantitative estimate of drug-likeness (QED) is 0.499. The van der Waals surface area contributed by atoms with Crippen molar-refractivity contribution in [3.8, 4) is 11.8 Å². The molecule has 0 unspecified atom stereocenters. The summed E-state index contributed by atoms with van der Waals surface area (Å²) in [5.74, 6) is -2.15. The molecule has 1 saturated heterocycles. The zero-order chi connectivity index (χ0) is 24.8. The number of benzene rings is 2. The number of hydrogen-bond acceptors (Lipinski definition) is 5. The van der Waals surface area contributed by atoms with E-state index in [1.165, 1.54) is 29.2 Å². The third-order valence-electron chi connectivity index (χ3n) is 5.90. The molecule has 2 aromatic carbocycles. The van der Waals surface area contributed by atoms with Gasteiger partial charge in [0.2, 0.25) is 5.91 Å². The van der Waals surface area contributed by atoms with Crippen molar-refractivity contribution in [2.24, 2.45) is 5.73 Å². The summed E-state index contributed by atoms with van der Waals surface area (Å²) in [6, 6.07) is 9.11. The average molecular weight is 492 g/mol. The average Bonchev–Trinajstić information content (AvgIpc) is 2.98. The van der Waals surface area contributed by atoms with E-state index in [4.69, 9.17) is 23.2 Å². The number of thiocarbonyl (C=S) groups is 1. The molecular formula is C22H16F4N4O3S. The number of alkyl halides is 4. The van der Waals surface area contributed by atoms with Crippen molar-refractivity contribution in [3.05, 3.63) is 53.1 Å². The molecule has 34 heavy (non-hydrogen) atoms. The SMILES string of the molecule is N#Cc1ccc(N2C(=O)C3(CCC3)N(c3ccc(C(N)=O)c(CF)c3)C2=S)c(OC(F)(F)F)c1. The van der Waals surface area contributed by atoms with Gasteiger partial charge < -0.3 is 15.4 Å². The molecule has 1 aliphatic heterocycles. The molecule has 1 spiro atoms. The number of nitriles is 1. The van der Waals surface area contributed by atoms with Crippen LogP contribution in [0.1, 0.15) is 40.7 Å². The van der Waals surface area contributed by atoms with Crippen molar-refractivity contribution in [1.82, 2.24) is 0 Å². The summed E-state index contributed by atoms with van der Waals surface area (Å²) >= 11 is 5.52. The van der Waals surface area contributed by atoms with E-state index in [2.05, 4.69) is 4.74 Å². The van der Waals surface area contributed by atoms with Crippen molar-refractivity contribution in [1.29, 1.82) is 5.26 Å². The Morgan fingerprint density at radius 1 is 1.24 bits per heavy atom. The largest absolute Gasteiger partial charge is 0.573 e. The molecular weight excluding hydrogens is 476 g/mol. The second-order valence-corrected chi connectivity index (χ2v) is 8.19. The molecule has 2 aromatic rings. The molecule has 1 aliphatic carbocycles. The Hall–Kier alpha value is -3.72. The number of halogens is 4. The first-order chi connectivity index (χ1) is 16.0. The van der Waals surface area contributed by atoms with Gasteiger partial charge in [0.05, 0.1) is 17.3 Å². The van der Waals surface area contributed by atoms with Crippen LogP contribution in [0.4, 0.5) is 28.9 Å². The summed E-state index contributed by atoms with van der Waals surface area (Å²) in [5, 5.41) is 8.95. The van der Waals surface area contributed by atoms with Crippen LogP contribution in [0.2, 0.25) is 0 Å². The van der Waals surface area contributed by atoms with Gasteiger partial charge in [-0.05, 0) is 67.4 Å². The van der Waals surface area contributed by atoms with Gasteiger partial charge in [-0.3, -0.25) is 14.5 Å². The van der Waals surface area contributed by atoms with Crippen molar-refractivity contribution < 1.29 is 31.9 Å². The molecule has 2 aliphatic rings. The molecule has 2 amide bonds. The number of rotatable bonds is 5. The predicted molar refractivity (Wildman–Crippen MR) is 117 cm³/mol. The molecule has 0 aromatic heterocycles. The van der Waals surface area contributed by atoms with Gasteiger partial charge >= 0.3 is 6.36 Å². The lowest BCUT2D eigenvalue weighted by Gasteiger charge is -2.43. The van der Waals surface area contributed by atoms with E-state index < -0.39 is 36.1 Å². The molecule has 2 fully saturated rings. The maximum Gasteiger partial charge on any atom is 0.573 e. The Morgan fingerprint density at radius 2 is 1.94 bits per heavy atom. The molecule has 0 atom stereocenters. The second kappa shape index (κ2) is 8.25. The summed E-state index contributed by atoms with van der Waals surface area (Å²) in [5.41, 5.74) is 3.98. The van der Waals surface area contributed by atoms with Crippen LogP contribution in [0, 0.1) is 11.3 Å². The van der Waals surface area contributed by atoms with E-state index in [0.29, 0.717) is 24.9 Å². The van der Waals surface area contributed by atoms with E-state index >= 15 is 0 Å². The highest BCUT2D eigenvalue weighted by Gasteiger charge is 2.60. The predicted octanol–water partition coefficient (Wildman–Crippen LogP) is 4.09. The van der Waals surface area contributed by atoms with Crippen LogP contribution in [-0.2, 0) is 11.5 Å². The number of nitrogens with two attached hydrogens (primary N) is 1. The maximum absolute atomic E-state index is 13.6. The number of carbonyl (C=O) groups excluding carboxylic acids is 2. The normalized spacial score (nSPS) is 17.0. The Labute approximate surface area is 196 Å². The fourth-order valence-corrected chi connectivity index (χ4v) is 4.70. The fourth-order valence-electron chi connectivity index (χ4n) is 4.24.